The van der Waals surface area contributed by atoms with E-state index in [1.165, 1.54) is 18.2 Å². The summed E-state index contributed by atoms with van der Waals surface area (Å²) in [7, 11) is 3.76. The third-order valence-corrected chi connectivity index (χ3v) is 2.59. The molecule has 1 rings (SSSR count). The summed E-state index contributed by atoms with van der Waals surface area (Å²) in [5, 5.41) is 11.1. The smallest absolute Gasteiger partial charge is 0.338 e. The topological polar surface area (TPSA) is 81.9 Å². The Kier molecular flexibility index (Phi) is 5.87. The van der Waals surface area contributed by atoms with Gasteiger partial charge in [-0.1, -0.05) is 0 Å². The number of rotatable bonds is 6. The van der Waals surface area contributed by atoms with Crippen LogP contribution in [0.4, 0.5) is 5.69 Å². The van der Waals surface area contributed by atoms with Crippen LogP contribution < -0.4 is 4.74 Å². The van der Waals surface area contributed by atoms with Crippen molar-refractivity contribution < 1.29 is 19.2 Å². The molecule has 0 heterocycles. The minimum atomic E-state index is -0.660. The Morgan fingerprint density at radius 3 is 2.45 bits per heavy atom. The molecule has 0 N–H and O–H groups in total. The zero-order valence-electron chi connectivity index (χ0n) is 13.6. The molecule has 0 saturated heterocycles. The maximum Gasteiger partial charge on any atom is 0.338 e. The van der Waals surface area contributed by atoms with Gasteiger partial charge in [0.05, 0.1) is 10.5 Å². The number of nitrogens with zero attached hydrogens (tertiary/aromatic N) is 2. The largest absolute Gasteiger partial charge is 0.485 e. The summed E-state index contributed by atoms with van der Waals surface area (Å²) < 4.78 is 10.6. The summed E-state index contributed by atoms with van der Waals surface area (Å²) in [5.74, 6) is -0.463. The van der Waals surface area contributed by atoms with Gasteiger partial charge in [0.25, 0.3) is 0 Å². The first-order chi connectivity index (χ1) is 10.1. The first kappa shape index (κ1) is 17.9. The van der Waals surface area contributed by atoms with Gasteiger partial charge in [0, 0.05) is 12.6 Å². The highest BCUT2D eigenvalue weighted by atomic mass is 16.6. The van der Waals surface area contributed by atoms with Crippen molar-refractivity contribution in [2.24, 2.45) is 0 Å². The van der Waals surface area contributed by atoms with E-state index in [4.69, 9.17) is 9.47 Å². The number of esters is 1. The van der Waals surface area contributed by atoms with Crippen LogP contribution in [-0.4, -0.2) is 48.6 Å². The molecule has 22 heavy (non-hydrogen) atoms. The average Bonchev–Trinajstić information content (AvgIpc) is 2.36. The van der Waals surface area contributed by atoms with Crippen molar-refractivity contribution in [3.63, 3.8) is 0 Å². The Balaban J connectivity index is 2.94. The lowest BCUT2D eigenvalue weighted by Gasteiger charge is -2.19. The van der Waals surface area contributed by atoms with Gasteiger partial charge in [0.1, 0.15) is 12.2 Å². The number of ether oxygens (including phenoxy) is 2. The molecule has 0 aliphatic carbocycles. The molecular formula is C15H22N2O5. The fraction of sp³-hybridized carbons (Fsp3) is 0.533. The number of carbonyl (C=O) groups excluding carboxylic acids is 1. The predicted molar refractivity (Wildman–Crippen MR) is 82.3 cm³/mol. The summed E-state index contributed by atoms with van der Waals surface area (Å²) in [6.07, 6.45) is 0. The predicted octanol–water partition coefficient (Wildman–Crippen LogP) is 2.49. The Bertz CT molecular complexity index is 549. The second-order valence-electron chi connectivity index (χ2n) is 6.09. The number of carbonyl (C=O) groups is 1. The Morgan fingerprint density at radius 2 is 1.95 bits per heavy atom. The van der Waals surface area contributed by atoms with Crippen LogP contribution in [-0.2, 0) is 4.74 Å². The normalized spacial score (nSPS) is 11.4. The Hall–Kier alpha value is -2.15. The summed E-state index contributed by atoms with van der Waals surface area (Å²) in [5.41, 5.74) is -0.782. The van der Waals surface area contributed by atoms with Crippen LogP contribution in [0.3, 0.4) is 0 Å². The van der Waals surface area contributed by atoms with Gasteiger partial charge in [-0.15, -0.1) is 0 Å². The lowest BCUT2D eigenvalue weighted by Crippen LogP contribution is -2.24. The molecule has 0 spiro atoms. The zero-order chi connectivity index (χ0) is 16.9. The van der Waals surface area contributed by atoms with E-state index in [9.17, 15) is 14.9 Å². The average molecular weight is 310 g/mol. The molecule has 0 amide bonds. The molecule has 0 aliphatic rings. The highest BCUT2D eigenvalue weighted by Crippen LogP contribution is 2.28. The van der Waals surface area contributed by atoms with Crippen LogP contribution in [0.15, 0.2) is 18.2 Å². The van der Waals surface area contributed by atoms with E-state index in [-0.39, 0.29) is 17.0 Å². The summed E-state index contributed by atoms with van der Waals surface area (Å²) in [4.78, 5) is 24.4. The molecule has 0 aliphatic heterocycles. The second kappa shape index (κ2) is 7.22. The summed E-state index contributed by atoms with van der Waals surface area (Å²) >= 11 is 0. The lowest BCUT2D eigenvalue weighted by molar-refractivity contribution is -0.385. The van der Waals surface area contributed by atoms with E-state index in [2.05, 4.69) is 0 Å². The molecule has 0 unspecified atom stereocenters. The molecule has 0 radical (unpaired) electrons. The second-order valence-corrected chi connectivity index (χ2v) is 6.09. The number of hydrogen-bond acceptors (Lipinski definition) is 6. The molecule has 7 nitrogen and oxygen atoms in total. The maximum atomic E-state index is 12.0. The van der Waals surface area contributed by atoms with Crippen LogP contribution in [0.1, 0.15) is 31.1 Å². The monoisotopic (exact) mass is 310 g/mol. The molecule has 1 aromatic rings. The van der Waals surface area contributed by atoms with Gasteiger partial charge in [0.15, 0.2) is 5.75 Å². The van der Waals surface area contributed by atoms with Gasteiger partial charge in [-0.2, -0.15) is 0 Å². The van der Waals surface area contributed by atoms with E-state index >= 15 is 0 Å². The highest BCUT2D eigenvalue weighted by Gasteiger charge is 2.22. The van der Waals surface area contributed by atoms with Gasteiger partial charge >= 0.3 is 11.7 Å². The molecule has 1 aromatic carbocycles. The van der Waals surface area contributed by atoms with E-state index in [1.54, 1.807) is 20.8 Å². The summed E-state index contributed by atoms with van der Waals surface area (Å²) in [6.45, 7) is 6.15. The van der Waals surface area contributed by atoms with Crippen molar-refractivity contribution in [3.8, 4) is 5.75 Å². The van der Waals surface area contributed by atoms with Gasteiger partial charge in [-0.3, -0.25) is 10.1 Å². The Morgan fingerprint density at radius 1 is 1.32 bits per heavy atom. The molecule has 0 fully saturated rings. The highest BCUT2D eigenvalue weighted by molar-refractivity contribution is 5.90. The van der Waals surface area contributed by atoms with E-state index in [0.29, 0.717) is 13.2 Å². The molecule has 7 heteroatoms. The SMILES string of the molecule is CN(C)CCOc1ccc(C(=O)OC(C)(C)C)cc1[N+](=O)[O-]. The van der Waals surface area contributed by atoms with E-state index in [0.717, 1.165) is 0 Å². The van der Waals surface area contributed by atoms with Crippen LogP contribution in [0.5, 0.6) is 5.75 Å². The molecule has 0 saturated carbocycles. The van der Waals surface area contributed by atoms with Crippen molar-refractivity contribution in [3.05, 3.63) is 33.9 Å². The maximum absolute atomic E-state index is 12.0. The number of likely N-dealkylation sites (N-methyl/N-ethyl adjacent to an activating group) is 1. The lowest BCUT2D eigenvalue weighted by atomic mass is 10.1. The fourth-order valence-corrected chi connectivity index (χ4v) is 1.58. The molecule has 0 aromatic heterocycles. The third kappa shape index (κ3) is 5.69. The van der Waals surface area contributed by atoms with Crippen molar-refractivity contribution >= 4 is 11.7 Å². The van der Waals surface area contributed by atoms with Gasteiger partial charge < -0.3 is 14.4 Å². The van der Waals surface area contributed by atoms with Crippen LogP contribution in [0.2, 0.25) is 0 Å². The Labute approximate surface area is 130 Å². The number of nitro benzene ring substituents is 1. The molecule has 0 bridgehead atoms. The van der Waals surface area contributed by atoms with Gasteiger partial charge in [-0.25, -0.2) is 4.79 Å². The first-order valence-corrected chi connectivity index (χ1v) is 6.89. The van der Waals surface area contributed by atoms with Crippen molar-refractivity contribution in [2.45, 2.75) is 26.4 Å². The van der Waals surface area contributed by atoms with Gasteiger partial charge in [-0.05, 0) is 47.0 Å². The van der Waals surface area contributed by atoms with Crippen LogP contribution >= 0.6 is 0 Å². The minimum absolute atomic E-state index is 0.126. The van der Waals surface area contributed by atoms with E-state index < -0.39 is 16.5 Å². The summed E-state index contributed by atoms with van der Waals surface area (Å²) in [6, 6.07) is 4.07. The first-order valence-electron chi connectivity index (χ1n) is 6.89. The van der Waals surface area contributed by atoms with Crippen LogP contribution in [0.25, 0.3) is 0 Å². The van der Waals surface area contributed by atoms with E-state index in [1.807, 2.05) is 19.0 Å². The number of nitro groups is 1. The van der Waals surface area contributed by atoms with Gasteiger partial charge in [0.2, 0.25) is 0 Å². The number of benzene rings is 1. The van der Waals surface area contributed by atoms with Crippen molar-refractivity contribution in [1.29, 1.82) is 0 Å². The number of hydrogen-bond donors (Lipinski definition) is 0. The quantitative estimate of drug-likeness (QED) is 0.456. The standard InChI is InChI=1S/C15H22N2O5/c1-15(2,3)22-14(18)11-6-7-13(12(10-11)17(19)20)21-9-8-16(4)5/h6-7,10H,8-9H2,1-5H3. The molecular weight excluding hydrogens is 288 g/mol. The minimum Gasteiger partial charge on any atom is -0.485 e. The fourth-order valence-electron chi connectivity index (χ4n) is 1.58. The van der Waals surface area contributed by atoms with Crippen LogP contribution in [0, 0.1) is 10.1 Å². The van der Waals surface area contributed by atoms with Crippen molar-refractivity contribution in [2.75, 3.05) is 27.2 Å². The third-order valence-electron chi connectivity index (χ3n) is 2.59. The molecule has 122 valence electrons. The molecule has 0 atom stereocenters. The zero-order valence-corrected chi connectivity index (χ0v) is 13.6. The van der Waals surface area contributed by atoms with Crippen molar-refractivity contribution in [1.82, 2.24) is 4.90 Å².